The Kier molecular flexibility index (Phi) is 3.43. The number of hydrogen-bond donors (Lipinski definition) is 1. The van der Waals surface area contributed by atoms with E-state index in [4.69, 9.17) is 0 Å². The van der Waals surface area contributed by atoms with Crippen molar-refractivity contribution in [3.63, 3.8) is 0 Å². The van der Waals surface area contributed by atoms with Crippen LogP contribution in [0.5, 0.6) is 0 Å². The first-order valence-corrected chi connectivity index (χ1v) is 5.95. The van der Waals surface area contributed by atoms with Crippen LogP contribution in [-0.2, 0) is 0 Å². The van der Waals surface area contributed by atoms with Crippen molar-refractivity contribution in [2.24, 2.45) is 0 Å². The Morgan fingerprint density at radius 2 is 2.14 bits per heavy atom. The first-order valence-electron chi connectivity index (χ1n) is 4.96. The van der Waals surface area contributed by atoms with Gasteiger partial charge < -0.3 is 5.32 Å². The van der Waals surface area contributed by atoms with E-state index < -0.39 is 0 Å². The van der Waals surface area contributed by atoms with Crippen LogP contribution in [0.2, 0.25) is 0 Å². The second kappa shape index (κ2) is 4.80. The van der Waals surface area contributed by atoms with Crippen LogP contribution in [0.25, 0.3) is 0 Å². The second-order valence-corrected chi connectivity index (χ2v) is 4.65. The fraction of sp³-hybridized carbons (Fsp3) is 0.455. The topological polar surface area (TPSA) is 12.0 Å². The van der Waals surface area contributed by atoms with Crippen molar-refractivity contribution in [3.05, 3.63) is 30.1 Å². The maximum Gasteiger partial charge on any atom is 0.123 e. The normalized spacial score (nSPS) is 21.4. The van der Waals surface area contributed by atoms with Crippen molar-refractivity contribution < 1.29 is 4.39 Å². The number of hydrogen-bond acceptors (Lipinski definition) is 2. The molecule has 3 heteroatoms. The van der Waals surface area contributed by atoms with Gasteiger partial charge in [-0.15, -0.1) is 11.8 Å². The minimum Gasteiger partial charge on any atom is -0.313 e. The first kappa shape index (κ1) is 9.99. The van der Waals surface area contributed by atoms with Crippen LogP contribution >= 0.6 is 11.8 Å². The van der Waals surface area contributed by atoms with Crippen LogP contribution < -0.4 is 5.32 Å². The Labute approximate surface area is 88.1 Å². The SMILES string of the molecule is Fc1ccc(SC[C@H]2CCCN2)cc1. The average molecular weight is 211 g/mol. The molecule has 0 radical (unpaired) electrons. The molecule has 1 fully saturated rings. The first-order chi connectivity index (χ1) is 6.84. The maximum atomic E-state index is 12.6. The van der Waals surface area contributed by atoms with Crippen molar-refractivity contribution >= 4 is 11.8 Å². The van der Waals surface area contributed by atoms with Gasteiger partial charge >= 0.3 is 0 Å². The highest BCUT2D eigenvalue weighted by molar-refractivity contribution is 7.99. The van der Waals surface area contributed by atoms with E-state index in [0.717, 1.165) is 17.2 Å². The summed E-state index contributed by atoms with van der Waals surface area (Å²) in [6.45, 7) is 1.15. The summed E-state index contributed by atoms with van der Waals surface area (Å²) in [6, 6.07) is 7.36. The summed E-state index contributed by atoms with van der Waals surface area (Å²) < 4.78 is 12.6. The van der Waals surface area contributed by atoms with Gasteiger partial charge in [0.2, 0.25) is 0 Å². The molecule has 1 aliphatic heterocycles. The molecule has 1 aliphatic rings. The minimum atomic E-state index is -0.159. The van der Waals surface area contributed by atoms with Crippen LogP contribution in [0.1, 0.15) is 12.8 Å². The zero-order chi connectivity index (χ0) is 9.80. The van der Waals surface area contributed by atoms with E-state index in [1.54, 1.807) is 11.8 Å². The van der Waals surface area contributed by atoms with Crippen molar-refractivity contribution in [1.29, 1.82) is 0 Å². The molecular formula is C11H14FNS. The number of benzene rings is 1. The fourth-order valence-electron chi connectivity index (χ4n) is 1.63. The molecule has 1 atom stereocenters. The standard InChI is InChI=1S/C11H14FNS/c12-9-3-5-11(6-4-9)14-8-10-2-1-7-13-10/h3-6,10,13H,1-2,7-8H2/t10-/m1/s1. The molecule has 0 saturated carbocycles. The van der Waals surface area contributed by atoms with Crippen molar-refractivity contribution in [1.82, 2.24) is 5.32 Å². The Bertz CT molecular complexity index is 280. The number of nitrogens with one attached hydrogen (secondary N) is 1. The van der Waals surface area contributed by atoms with Crippen LogP contribution in [0.4, 0.5) is 4.39 Å². The Balaban J connectivity index is 1.82. The van der Waals surface area contributed by atoms with Crippen molar-refractivity contribution in [2.45, 2.75) is 23.8 Å². The van der Waals surface area contributed by atoms with Crippen LogP contribution in [-0.4, -0.2) is 18.3 Å². The lowest BCUT2D eigenvalue weighted by atomic mass is 10.3. The molecule has 0 aromatic heterocycles. The molecule has 2 rings (SSSR count). The molecular weight excluding hydrogens is 197 g/mol. The summed E-state index contributed by atoms with van der Waals surface area (Å²) in [7, 11) is 0. The number of thioether (sulfide) groups is 1. The Morgan fingerprint density at radius 3 is 2.79 bits per heavy atom. The zero-order valence-corrected chi connectivity index (χ0v) is 8.82. The van der Waals surface area contributed by atoms with Crippen molar-refractivity contribution in [3.8, 4) is 0 Å². The summed E-state index contributed by atoms with van der Waals surface area (Å²) in [4.78, 5) is 1.15. The van der Waals surface area contributed by atoms with Gasteiger partial charge in [0.15, 0.2) is 0 Å². The lowest BCUT2D eigenvalue weighted by molar-refractivity contribution is 0.626. The summed E-state index contributed by atoms with van der Waals surface area (Å²) in [6.07, 6.45) is 2.56. The third kappa shape index (κ3) is 2.72. The quantitative estimate of drug-likeness (QED) is 0.771. The molecule has 0 aliphatic carbocycles. The predicted octanol–water partition coefficient (Wildman–Crippen LogP) is 2.67. The summed E-state index contributed by atoms with van der Waals surface area (Å²) >= 11 is 1.80. The Hall–Kier alpha value is -0.540. The lowest BCUT2D eigenvalue weighted by Crippen LogP contribution is -2.23. The van der Waals surface area contributed by atoms with Crippen molar-refractivity contribution in [2.75, 3.05) is 12.3 Å². The average Bonchev–Trinajstić information content (AvgIpc) is 2.70. The van der Waals surface area contributed by atoms with Gasteiger partial charge in [0, 0.05) is 16.7 Å². The molecule has 0 amide bonds. The molecule has 1 aromatic carbocycles. The van der Waals surface area contributed by atoms with E-state index >= 15 is 0 Å². The van der Waals surface area contributed by atoms with Gasteiger partial charge in [-0.3, -0.25) is 0 Å². The van der Waals surface area contributed by atoms with Gasteiger partial charge in [-0.2, -0.15) is 0 Å². The van der Waals surface area contributed by atoms with Gasteiger partial charge in [-0.1, -0.05) is 0 Å². The molecule has 1 N–H and O–H groups in total. The highest BCUT2D eigenvalue weighted by Gasteiger charge is 2.13. The van der Waals surface area contributed by atoms with Gasteiger partial charge in [-0.05, 0) is 43.7 Å². The number of halogens is 1. The molecule has 1 heterocycles. The predicted molar refractivity (Wildman–Crippen MR) is 58.1 cm³/mol. The minimum absolute atomic E-state index is 0.159. The molecule has 0 spiro atoms. The molecule has 1 nitrogen and oxygen atoms in total. The van der Waals surface area contributed by atoms with E-state index in [1.807, 2.05) is 12.1 Å². The molecule has 1 aromatic rings. The highest BCUT2D eigenvalue weighted by Crippen LogP contribution is 2.21. The second-order valence-electron chi connectivity index (χ2n) is 3.56. The van der Waals surface area contributed by atoms with Crippen LogP contribution in [0.3, 0.4) is 0 Å². The summed E-state index contributed by atoms with van der Waals surface area (Å²) in [5, 5.41) is 3.44. The van der Waals surface area contributed by atoms with Crippen LogP contribution in [0.15, 0.2) is 29.2 Å². The van der Waals surface area contributed by atoms with Gasteiger partial charge in [0.1, 0.15) is 5.82 Å². The molecule has 0 bridgehead atoms. The van der Waals surface area contributed by atoms with Gasteiger partial charge in [-0.25, -0.2) is 4.39 Å². The van der Waals surface area contributed by atoms with Crippen LogP contribution in [0, 0.1) is 5.82 Å². The van der Waals surface area contributed by atoms with E-state index in [1.165, 1.54) is 25.0 Å². The molecule has 0 unspecified atom stereocenters. The van der Waals surface area contributed by atoms with Gasteiger partial charge in [0.25, 0.3) is 0 Å². The highest BCUT2D eigenvalue weighted by atomic mass is 32.2. The maximum absolute atomic E-state index is 12.6. The monoisotopic (exact) mass is 211 g/mol. The van der Waals surface area contributed by atoms with E-state index in [2.05, 4.69) is 5.32 Å². The molecule has 14 heavy (non-hydrogen) atoms. The van der Waals surface area contributed by atoms with E-state index in [9.17, 15) is 4.39 Å². The zero-order valence-electron chi connectivity index (χ0n) is 8.00. The lowest BCUT2D eigenvalue weighted by Gasteiger charge is -2.08. The largest absolute Gasteiger partial charge is 0.313 e. The number of rotatable bonds is 3. The molecule has 76 valence electrons. The smallest absolute Gasteiger partial charge is 0.123 e. The van der Waals surface area contributed by atoms with Gasteiger partial charge in [0.05, 0.1) is 0 Å². The summed E-state index contributed by atoms with van der Waals surface area (Å²) in [5.74, 6) is 0.930. The third-order valence-corrected chi connectivity index (χ3v) is 3.60. The fourth-order valence-corrected chi connectivity index (χ4v) is 2.63. The Morgan fingerprint density at radius 1 is 1.36 bits per heavy atom. The van der Waals surface area contributed by atoms with E-state index in [0.29, 0.717) is 6.04 Å². The summed E-state index contributed by atoms with van der Waals surface area (Å²) in [5.41, 5.74) is 0. The third-order valence-electron chi connectivity index (χ3n) is 2.43. The van der Waals surface area contributed by atoms with E-state index in [-0.39, 0.29) is 5.82 Å². The molecule has 1 saturated heterocycles.